The summed E-state index contributed by atoms with van der Waals surface area (Å²) >= 11 is 0. The highest BCUT2D eigenvalue weighted by atomic mass is 16.2. The molecular weight excluding hydrogens is 264 g/mol. The lowest BCUT2D eigenvalue weighted by Crippen LogP contribution is -2.54. The average molecular weight is 284 g/mol. The van der Waals surface area contributed by atoms with Gasteiger partial charge in [-0.2, -0.15) is 0 Å². The van der Waals surface area contributed by atoms with Crippen molar-refractivity contribution in [3.05, 3.63) is 35.7 Å². The van der Waals surface area contributed by atoms with E-state index in [0.717, 1.165) is 35.4 Å². The smallest absolute Gasteiger partial charge is 0.237 e. The van der Waals surface area contributed by atoms with Crippen LogP contribution in [0.2, 0.25) is 0 Å². The van der Waals surface area contributed by atoms with Crippen LogP contribution in [0.4, 0.5) is 0 Å². The van der Waals surface area contributed by atoms with Gasteiger partial charge in [0.15, 0.2) is 0 Å². The second-order valence-electron chi connectivity index (χ2n) is 5.43. The first-order chi connectivity index (χ1) is 10.2. The van der Waals surface area contributed by atoms with Gasteiger partial charge in [-0.15, -0.1) is 0 Å². The van der Waals surface area contributed by atoms with Crippen LogP contribution in [-0.4, -0.2) is 39.9 Å². The average Bonchev–Trinajstić information content (AvgIpc) is 2.48. The minimum Gasteiger partial charge on any atom is -0.353 e. The Morgan fingerprint density at radius 2 is 2.00 bits per heavy atom. The Morgan fingerprint density at radius 1 is 1.29 bits per heavy atom. The van der Waals surface area contributed by atoms with Crippen LogP contribution < -0.4 is 5.32 Å². The number of hydrogen-bond donors (Lipinski definition) is 1. The van der Waals surface area contributed by atoms with Crippen LogP contribution in [0, 0.1) is 6.92 Å². The van der Waals surface area contributed by atoms with Gasteiger partial charge in [0.2, 0.25) is 5.91 Å². The van der Waals surface area contributed by atoms with Crippen molar-refractivity contribution in [3.8, 4) is 0 Å². The first-order valence-corrected chi connectivity index (χ1v) is 7.43. The zero-order valence-corrected chi connectivity index (χ0v) is 12.5. The zero-order chi connectivity index (χ0) is 14.8. The molecule has 0 saturated carbocycles. The second-order valence-corrected chi connectivity index (χ2v) is 5.43. The molecule has 0 bridgehead atoms. The molecule has 0 spiro atoms. The van der Waals surface area contributed by atoms with Gasteiger partial charge in [-0.25, -0.2) is 9.97 Å². The van der Waals surface area contributed by atoms with Crippen molar-refractivity contribution in [1.29, 1.82) is 0 Å². The number of benzene rings is 1. The summed E-state index contributed by atoms with van der Waals surface area (Å²) in [5.74, 6) is 0.121. The van der Waals surface area contributed by atoms with Crippen LogP contribution in [-0.2, 0) is 11.3 Å². The van der Waals surface area contributed by atoms with E-state index in [2.05, 4.69) is 15.2 Å². The third-order valence-corrected chi connectivity index (χ3v) is 4.02. The fourth-order valence-corrected chi connectivity index (χ4v) is 2.86. The van der Waals surface area contributed by atoms with Crippen molar-refractivity contribution < 1.29 is 4.79 Å². The van der Waals surface area contributed by atoms with E-state index < -0.39 is 0 Å². The molecule has 0 radical (unpaired) electrons. The Balaban J connectivity index is 1.90. The molecule has 1 aliphatic rings. The van der Waals surface area contributed by atoms with Crippen molar-refractivity contribution >= 4 is 16.9 Å². The largest absolute Gasteiger partial charge is 0.353 e. The fraction of sp³-hybridized carbons (Fsp3) is 0.438. The minimum atomic E-state index is -0.0635. The highest BCUT2D eigenvalue weighted by Crippen LogP contribution is 2.17. The number of nitrogens with one attached hydrogen (secondary N) is 1. The number of rotatable bonds is 3. The molecule has 1 fully saturated rings. The maximum Gasteiger partial charge on any atom is 0.237 e. The molecule has 2 aromatic rings. The second kappa shape index (κ2) is 5.77. The summed E-state index contributed by atoms with van der Waals surface area (Å²) in [6.07, 6.45) is 0.811. The van der Waals surface area contributed by atoms with Crippen LogP contribution in [0.15, 0.2) is 24.3 Å². The molecule has 1 aromatic heterocycles. The lowest BCUT2D eigenvalue weighted by Gasteiger charge is -2.34. The summed E-state index contributed by atoms with van der Waals surface area (Å²) in [4.78, 5) is 23.5. The van der Waals surface area contributed by atoms with Crippen molar-refractivity contribution in [2.75, 3.05) is 13.1 Å². The van der Waals surface area contributed by atoms with E-state index in [-0.39, 0.29) is 11.9 Å². The Morgan fingerprint density at radius 3 is 2.71 bits per heavy atom. The SMILES string of the molecule is CCC1C(=O)NCCN1Cc1nc2ccccc2nc1C. The zero-order valence-electron chi connectivity index (χ0n) is 12.5. The summed E-state index contributed by atoms with van der Waals surface area (Å²) in [7, 11) is 0. The fourth-order valence-electron chi connectivity index (χ4n) is 2.86. The van der Waals surface area contributed by atoms with E-state index >= 15 is 0 Å². The lowest BCUT2D eigenvalue weighted by molar-refractivity contribution is -0.129. The summed E-state index contributed by atoms with van der Waals surface area (Å²) in [5, 5.41) is 2.93. The predicted molar refractivity (Wildman–Crippen MR) is 81.8 cm³/mol. The van der Waals surface area contributed by atoms with Gasteiger partial charge in [0.25, 0.3) is 0 Å². The van der Waals surface area contributed by atoms with Gasteiger partial charge < -0.3 is 5.32 Å². The number of carbonyl (C=O) groups is 1. The summed E-state index contributed by atoms with van der Waals surface area (Å²) in [5.41, 5.74) is 3.73. The van der Waals surface area contributed by atoms with Crippen LogP contribution in [0.3, 0.4) is 0 Å². The molecule has 1 saturated heterocycles. The number of carbonyl (C=O) groups excluding carboxylic acids is 1. The Kier molecular flexibility index (Phi) is 3.84. The molecule has 1 N–H and O–H groups in total. The van der Waals surface area contributed by atoms with Gasteiger partial charge in [-0.05, 0) is 25.5 Å². The van der Waals surface area contributed by atoms with Crippen molar-refractivity contribution in [1.82, 2.24) is 20.2 Å². The lowest BCUT2D eigenvalue weighted by atomic mass is 10.1. The molecule has 1 amide bonds. The quantitative estimate of drug-likeness (QED) is 0.931. The first-order valence-electron chi connectivity index (χ1n) is 7.43. The first kappa shape index (κ1) is 13.9. The van der Waals surface area contributed by atoms with E-state index in [1.54, 1.807) is 0 Å². The molecule has 1 aliphatic heterocycles. The molecular formula is C16H20N4O. The molecule has 3 rings (SSSR count). The Labute approximate surface area is 124 Å². The van der Waals surface area contributed by atoms with Gasteiger partial charge in [-0.3, -0.25) is 9.69 Å². The minimum absolute atomic E-state index is 0.0635. The molecule has 5 nitrogen and oxygen atoms in total. The summed E-state index contributed by atoms with van der Waals surface area (Å²) in [6, 6.07) is 7.83. The topological polar surface area (TPSA) is 58.1 Å². The Hall–Kier alpha value is -2.01. The van der Waals surface area contributed by atoms with E-state index in [4.69, 9.17) is 4.98 Å². The molecule has 21 heavy (non-hydrogen) atoms. The molecule has 1 unspecified atom stereocenters. The van der Waals surface area contributed by atoms with Crippen LogP contribution in [0.25, 0.3) is 11.0 Å². The van der Waals surface area contributed by atoms with Crippen LogP contribution >= 0.6 is 0 Å². The number of hydrogen-bond acceptors (Lipinski definition) is 4. The molecule has 0 aliphatic carbocycles. The molecule has 2 heterocycles. The van der Waals surface area contributed by atoms with E-state index in [1.807, 2.05) is 38.1 Å². The van der Waals surface area contributed by atoms with E-state index in [9.17, 15) is 4.79 Å². The van der Waals surface area contributed by atoms with Gasteiger partial charge in [0.1, 0.15) is 0 Å². The Bertz CT molecular complexity index is 670. The van der Waals surface area contributed by atoms with E-state index in [0.29, 0.717) is 13.1 Å². The third-order valence-electron chi connectivity index (χ3n) is 4.02. The number of para-hydroxylation sites is 2. The maximum atomic E-state index is 11.9. The van der Waals surface area contributed by atoms with Crippen LogP contribution in [0.5, 0.6) is 0 Å². The van der Waals surface area contributed by atoms with Gasteiger partial charge in [-0.1, -0.05) is 19.1 Å². The van der Waals surface area contributed by atoms with Crippen molar-refractivity contribution in [2.45, 2.75) is 32.9 Å². The van der Waals surface area contributed by atoms with Crippen molar-refractivity contribution in [2.24, 2.45) is 0 Å². The monoisotopic (exact) mass is 284 g/mol. The highest BCUT2D eigenvalue weighted by molar-refractivity contribution is 5.82. The standard InChI is InChI=1S/C16H20N4O/c1-3-15-16(21)17-8-9-20(15)10-14-11(2)18-12-6-4-5-7-13(12)19-14/h4-7,15H,3,8-10H2,1-2H3,(H,17,21). The van der Waals surface area contributed by atoms with Gasteiger partial charge in [0.05, 0.1) is 28.5 Å². The summed E-state index contributed by atoms with van der Waals surface area (Å²) < 4.78 is 0. The van der Waals surface area contributed by atoms with Crippen LogP contribution in [0.1, 0.15) is 24.7 Å². The number of aryl methyl sites for hydroxylation is 1. The normalized spacial score (nSPS) is 19.7. The summed E-state index contributed by atoms with van der Waals surface area (Å²) in [6.45, 7) is 6.27. The highest BCUT2D eigenvalue weighted by Gasteiger charge is 2.28. The number of fused-ring (bicyclic) bond motifs is 1. The van der Waals surface area contributed by atoms with Crippen molar-refractivity contribution in [3.63, 3.8) is 0 Å². The number of piperazine rings is 1. The molecule has 5 heteroatoms. The molecule has 1 atom stereocenters. The molecule has 110 valence electrons. The molecule has 1 aromatic carbocycles. The van der Waals surface area contributed by atoms with E-state index in [1.165, 1.54) is 0 Å². The maximum absolute atomic E-state index is 11.9. The van der Waals surface area contributed by atoms with Gasteiger partial charge >= 0.3 is 0 Å². The third kappa shape index (κ3) is 2.74. The van der Waals surface area contributed by atoms with Gasteiger partial charge in [0, 0.05) is 19.6 Å². The number of nitrogens with zero attached hydrogens (tertiary/aromatic N) is 3. The predicted octanol–water partition coefficient (Wildman–Crippen LogP) is 1.65. The number of aromatic nitrogens is 2. The number of amides is 1.